The first-order valence-corrected chi connectivity index (χ1v) is 3.46. The minimum absolute atomic E-state index is 0.145. The molecule has 3 N–H and O–H groups in total. The molecule has 2 bridgehead atoms. The lowest BCUT2D eigenvalue weighted by Crippen LogP contribution is -2.44. The highest BCUT2D eigenvalue weighted by Gasteiger charge is 2.60. The zero-order chi connectivity index (χ0) is 8.06. The molecule has 2 rings (SSSR count). The summed E-state index contributed by atoms with van der Waals surface area (Å²) in [5.41, 5.74) is -1.08. The molecule has 0 amide bonds. The largest absolute Gasteiger partial charge is 0.393 e. The van der Waals surface area contributed by atoms with Crippen LogP contribution in [0, 0.1) is 0 Å². The van der Waals surface area contributed by atoms with Crippen LogP contribution in [0.1, 0.15) is 0 Å². The molecule has 4 atom stereocenters. The van der Waals surface area contributed by atoms with Crippen LogP contribution >= 0.6 is 0 Å². The Labute approximate surface area is 63.2 Å². The van der Waals surface area contributed by atoms with Crippen LogP contribution in [0.4, 0.5) is 0 Å². The fourth-order valence-electron chi connectivity index (χ4n) is 1.54. The Hall–Kier alpha value is -0.200. The average Bonchev–Trinajstić information content (AvgIpc) is 2.42. The summed E-state index contributed by atoms with van der Waals surface area (Å²) in [5, 5.41) is 27.3. The van der Waals surface area contributed by atoms with Crippen molar-refractivity contribution in [1.82, 2.24) is 0 Å². The highest BCUT2D eigenvalue weighted by Crippen LogP contribution is 2.38. The Morgan fingerprint density at radius 2 is 2.18 bits per heavy atom. The maximum atomic E-state index is 9.38. The van der Waals surface area contributed by atoms with Gasteiger partial charge < -0.3 is 24.8 Å². The molecule has 0 saturated carbocycles. The Morgan fingerprint density at radius 3 is 2.45 bits per heavy atom. The lowest BCUT2D eigenvalue weighted by atomic mass is 10.0. The van der Waals surface area contributed by atoms with E-state index in [0.29, 0.717) is 0 Å². The van der Waals surface area contributed by atoms with Crippen molar-refractivity contribution in [2.24, 2.45) is 0 Å². The van der Waals surface area contributed by atoms with E-state index in [1.807, 2.05) is 0 Å². The summed E-state index contributed by atoms with van der Waals surface area (Å²) in [6.45, 7) is -0.186. The van der Waals surface area contributed by atoms with Gasteiger partial charge in [-0.1, -0.05) is 0 Å². The Bertz CT molecular complexity index is 172. The van der Waals surface area contributed by atoms with E-state index in [-0.39, 0.29) is 13.2 Å². The van der Waals surface area contributed by atoms with E-state index in [2.05, 4.69) is 0 Å². The zero-order valence-electron chi connectivity index (χ0n) is 5.80. The molecule has 2 heterocycles. The molecular formula is C6H10O5. The van der Waals surface area contributed by atoms with Crippen LogP contribution in [0.5, 0.6) is 0 Å². The minimum Gasteiger partial charge on any atom is -0.393 e. The summed E-state index contributed by atoms with van der Waals surface area (Å²) in [5.74, 6) is 0. The summed E-state index contributed by atoms with van der Waals surface area (Å²) in [6, 6.07) is 0. The molecule has 0 aliphatic carbocycles. The Kier molecular flexibility index (Phi) is 1.45. The first-order chi connectivity index (χ1) is 5.19. The highest BCUT2D eigenvalue weighted by atomic mass is 16.7. The number of ether oxygens (including phenoxy) is 2. The summed E-state index contributed by atoms with van der Waals surface area (Å²) >= 11 is 0. The van der Waals surface area contributed by atoms with Crippen molar-refractivity contribution < 1.29 is 24.8 Å². The van der Waals surface area contributed by atoms with Gasteiger partial charge in [0.1, 0.15) is 17.8 Å². The molecule has 0 radical (unpaired) electrons. The summed E-state index contributed by atoms with van der Waals surface area (Å²) in [6.07, 6.45) is -2.71. The molecule has 0 aromatic heterocycles. The van der Waals surface area contributed by atoms with E-state index < -0.39 is 24.1 Å². The Balaban J connectivity index is 2.24. The second-order valence-corrected chi connectivity index (χ2v) is 2.95. The maximum absolute atomic E-state index is 9.38. The number of hydrogen-bond donors (Lipinski definition) is 3. The third kappa shape index (κ3) is 0.771. The van der Waals surface area contributed by atoms with Crippen LogP contribution in [0.25, 0.3) is 0 Å². The van der Waals surface area contributed by atoms with Crippen LogP contribution in [-0.4, -0.2) is 52.6 Å². The normalized spacial score (nSPS) is 55.4. The van der Waals surface area contributed by atoms with E-state index in [9.17, 15) is 5.11 Å². The van der Waals surface area contributed by atoms with Crippen LogP contribution in [0.2, 0.25) is 0 Å². The smallest absolute Gasteiger partial charge is 0.184 e. The van der Waals surface area contributed by atoms with Crippen molar-refractivity contribution in [2.45, 2.75) is 24.1 Å². The van der Waals surface area contributed by atoms with Gasteiger partial charge in [-0.2, -0.15) is 0 Å². The summed E-state index contributed by atoms with van der Waals surface area (Å²) in [4.78, 5) is 0. The second-order valence-electron chi connectivity index (χ2n) is 2.95. The SMILES string of the molecule is OC[C@]12CO[C@@H](C1O)[C@H](O)O2. The third-order valence-corrected chi connectivity index (χ3v) is 2.27. The summed E-state index contributed by atoms with van der Waals surface area (Å²) in [7, 11) is 0. The zero-order valence-corrected chi connectivity index (χ0v) is 5.80. The van der Waals surface area contributed by atoms with E-state index in [4.69, 9.17) is 19.7 Å². The number of aliphatic hydroxyl groups is 3. The maximum Gasteiger partial charge on any atom is 0.184 e. The lowest BCUT2D eigenvalue weighted by Gasteiger charge is -2.26. The van der Waals surface area contributed by atoms with Gasteiger partial charge >= 0.3 is 0 Å². The quantitative estimate of drug-likeness (QED) is 0.409. The predicted octanol–water partition coefficient (Wildman–Crippen LogP) is -2.17. The molecular weight excluding hydrogens is 152 g/mol. The molecule has 0 spiro atoms. The van der Waals surface area contributed by atoms with Gasteiger partial charge in [-0.05, 0) is 0 Å². The van der Waals surface area contributed by atoms with Gasteiger partial charge in [-0.15, -0.1) is 0 Å². The van der Waals surface area contributed by atoms with Gasteiger partial charge in [0.2, 0.25) is 0 Å². The van der Waals surface area contributed by atoms with Gasteiger partial charge in [0, 0.05) is 0 Å². The van der Waals surface area contributed by atoms with E-state index in [1.54, 1.807) is 0 Å². The molecule has 11 heavy (non-hydrogen) atoms. The van der Waals surface area contributed by atoms with Crippen LogP contribution in [0.15, 0.2) is 0 Å². The fraction of sp³-hybridized carbons (Fsp3) is 1.00. The second kappa shape index (κ2) is 2.15. The molecule has 0 aromatic rings. The molecule has 5 nitrogen and oxygen atoms in total. The van der Waals surface area contributed by atoms with E-state index >= 15 is 0 Å². The van der Waals surface area contributed by atoms with Gasteiger partial charge in [0.15, 0.2) is 6.29 Å². The monoisotopic (exact) mass is 162 g/mol. The number of aliphatic hydroxyl groups excluding tert-OH is 3. The van der Waals surface area contributed by atoms with Gasteiger partial charge in [-0.25, -0.2) is 0 Å². The van der Waals surface area contributed by atoms with Crippen LogP contribution in [-0.2, 0) is 9.47 Å². The molecule has 2 aliphatic heterocycles. The predicted molar refractivity (Wildman–Crippen MR) is 32.7 cm³/mol. The topological polar surface area (TPSA) is 79.2 Å². The number of hydrogen-bond acceptors (Lipinski definition) is 5. The first kappa shape index (κ1) is 7.45. The van der Waals surface area contributed by atoms with E-state index in [0.717, 1.165) is 0 Å². The lowest BCUT2D eigenvalue weighted by molar-refractivity contribution is -0.231. The van der Waals surface area contributed by atoms with E-state index in [1.165, 1.54) is 0 Å². The van der Waals surface area contributed by atoms with Gasteiger partial charge in [0.05, 0.1) is 13.2 Å². The first-order valence-electron chi connectivity index (χ1n) is 3.46. The minimum atomic E-state index is -1.11. The number of fused-ring (bicyclic) bond motifs is 2. The molecule has 1 unspecified atom stereocenters. The molecule has 0 aromatic carbocycles. The standard InChI is InChI=1S/C6H10O5/c7-1-6-2-10-3(4(6)8)5(9)11-6/h3-5,7-9H,1-2H2/t3-,4?,5+,6-/m0/s1. The van der Waals surface area contributed by atoms with Crippen molar-refractivity contribution in [3.63, 3.8) is 0 Å². The van der Waals surface area contributed by atoms with Crippen molar-refractivity contribution in [1.29, 1.82) is 0 Å². The molecule has 5 heteroatoms. The van der Waals surface area contributed by atoms with Crippen LogP contribution in [0.3, 0.4) is 0 Å². The molecule has 2 aliphatic rings. The number of rotatable bonds is 1. The Morgan fingerprint density at radius 1 is 1.45 bits per heavy atom. The fourth-order valence-corrected chi connectivity index (χ4v) is 1.54. The third-order valence-electron chi connectivity index (χ3n) is 2.27. The molecule has 2 fully saturated rings. The molecule has 64 valence electrons. The van der Waals surface area contributed by atoms with Gasteiger partial charge in [0.25, 0.3) is 0 Å². The van der Waals surface area contributed by atoms with Crippen molar-refractivity contribution in [3.8, 4) is 0 Å². The molecule has 2 saturated heterocycles. The average molecular weight is 162 g/mol. The van der Waals surface area contributed by atoms with Gasteiger partial charge in [-0.3, -0.25) is 0 Å². The van der Waals surface area contributed by atoms with Crippen molar-refractivity contribution >= 4 is 0 Å². The van der Waals surface area contributed by atoms with Crippen LogP contribution < -0.4 is 0 Å². The van der Waals surface area contributed by atoms with Crippen molar-refractivity contribution in [3.05, 3.63) is 0 Å². The summed E-state index contributed by atoms with van der Waals surface area (Å²) < 4.78 is 9.93. The highest BCUT2D eigenvalue weighted by molar-refractivity contribution is 5.05. The van der Waals surface area contributed by atoms with Crippen molar-refractivity contribution in [2.75, 3.05) is 13.2 Å².